The van der Waals surface area contributed by atoms with Gasteiger partial charge in [0.25, 0.3) is 11.8 Å². The molecule has 2 saturated carbocycles. The molecule has 3 fully saturated rings. The maximum absolute atomic E-state index is 13.1. The van der Waals surface area contributed by atoms with Crippen molar-refractivity contribution in [2.45, 2.75) is 64.5 Å². The molecule has 3 amide bonds. The molecule has 11 nitrogen and oxygen atoms in total. The maximum Gasteiger partial charge on any atom is 0.410 e. The number of ether oxygens (including phenoxy) is 1. The minimum Gasteiger partial charge on any atom is -0.441 e. The molecule has 0 bridgehead atoms. The number of nitrogens with one attached hydrogen (secondary N) is 1. The number of hydrogen-bond donors (Lipinski definition) is 1. The number of carbonyl (C=O) groups excluding carboxylic acids is 3. The Morgan fingerprint density at radius 1 is 0.979 bits per heavy atom. The smallest absolute Gasteiger partial charge is 0.410 e. The number of nitrogens with zero attached hydrogens (tertiary/aromatic N) is 6. The second kappa shape index (κ2) is 11.8. The molecule has 8 rings (SSSR count). The number of amides is 3. The molecule has 1 N–H and O–H groups in total. The third-order valence-electron chi connectivity index (χ3n) is 10.2. The summed E-state index contributed by atoms with van der Waals surface area (Å²) in [6, 6.07) is 13.2. The molecule has 0 spiro atoms. The zero-order valence-electron chi connectivity index (χ0n) is 27.7. The van der Waals surface area contributed by atoms with E-state index in [1.54, 1.807) is 29.2 Å². The largest absolute Gasteiger partial charge is 0.441 e. The number of carbonyl (C=O) groups is 3. The minimum absolute atomic E-state index is 0.194. The standard InChI is InChI=1S/C37H41N7O4/c1-37(2,3)33(48-36(47)42-14-12-38-13-15-42)24-10-11-29-30(18-24)40-31(19-39-29)28-21-44(41-32(28)23-8-9-23)25-16-22(17-25)20-43-34(45)26-6-4-5-7-27(26)35(43)46/h4-7,10-11,18-19,21-23,25,33,38H,8-9,12-17,20H2,1-3H3. The summed E-state index contributed by atoms with van der Waals surface area (Å²) in [6.45, 7) is 9.47. The number of rotatable bonds is 7. The van der Waals surface area contributed by atoms with Crippen molar-refractivity contribution in [1.82, 2.24) is 34.9 Å². The fourth-order valence-electron chi connectivity index (χ4n) is 7.27. The van der Waals surface area contributed by atoms with Gasteiger partial charge in [0.1, 0.15) is 6.10 Å². The van der Waals surface area contributed by atoms with Crippen LogP contribution in [-0.2, 0) is 4.74 Å². The summed E-state index contributed by atoms with van der Waals surface area (Å²) < 4.78 is 8.21. The van der Waals surface area contributed by atoms with Crippen LogP contribution < -0.4 is 5.32 Å². The number of piperazine rings is 1. The monoisotopic (exact) mass is 647 g/mol. The van der Waals surface area contributed by atoms with Crippen LogP contribution in [0.3, 0.4) is 0 Å². The first-order valence-electron chi connectivity index (χ1n) is 17.1. The Labute approximate surface area is 279 Å². The van der Waals surface area contributed by atoms with E-state index >= 15 is 0 Å². The van der Waals surface area contributed by atoms with Gasteiger partial charge in [-0.15, -0.1) is 0 Å². The lowest BCUT2D eigenvalue weighted by Gasteiger charge is -2.37. The Morgan fingerprint density at radius 2 is 1.69 bits per heavy atom. The minimum atomic E-state index is -0.452. The highest BCUT2D eigenvalue weighted by atomic mass is 16.6. The van der Waals surface area contributed by atoms with E-state index < -0.39 is 6.10 Å². The molecule has 1 unspecified atom stereocenters. The van der Waals surface area contributed by atoms with Gasteiger partial charge in [-0.25, -0.2) is 9.78 Å². The Bertz CT molecular complexity index is 1880. The zero-order chi connectivity index (χ0) is 33.2. The van der Waals surface area contributed by atoms with Gasteiger partial charge in [-0.2, -0.15) is 5.10 Å². The fraction of sp³-hybridized carbons (Fsp3) is 0.459. The second-order valence-electron chi connectivity index (χ2n) is 14.8. The molecule has 4 aromatic rings. The van der Waals surface area contributed by atoms with E-state index in [1.165, 1.54) is 4.90 Å². The van der Waals surface area contributed by atoms with Crippen molar-refractivity contribution in [3.8, 4) is 11.3 Å². The van der Waals surface area contributed by atoms with Gasteiger partial charge in [0, 0.05) is 55.8 Å². The van der Waals surface area contributed by atoms with Gasteiger partial charge in [0.05, 0.1) is 45.8 Å². The first-order chi connectivity index (χ1) is 23.1. The molecule has 2 aromatic heterocycles. The molecule has 11 heteroatoms. The average molecular weight is 648 g/mol. The molecule has 2 aromatic carbocycles. The van der Waals surface area contributed by atoms with Crippen molar-refractivity contribution in [2.75, 3.05) is 32.7 Å². The predicted molar refractivity (Wildman–Crippen MR) is 179 cm³/mol. The van der Waals surface area contributed by atoms with Crippen LogP contribution in [0.15, 0.2) is 54.9 Å². The molecule has 4 heterocycles. The van der Waals surface area contributed by atoms with Crippen LogP contribution in [0.25, 0.3) is 22.3 Å². The molecular weight excluding hydrogens is 606 g/mol. The van der Waals surface area contributed by atoms with Crippen LogP contribution in [0.2, 0.25) is 0 Å². The van der Waals surface area contributed by atoms with Crippen molar-refractivity contribution >= 4 is 28.9 Å². The number of imide groups is 1. The number of aromatic nitrogens is 4. The number of benzene rings is 2. The van der Waals surface area contributed by atoms with Crippen LogP contribution in [0, 0.1) is 11.3 Å². The fourth-order valence-corrected chi connectivity index (χ4v) is 7.27. The Kier molecular flexibility index (Phi) is 7.54. The number of fused-ring (bicyclic) bond motifs is 2. The molecular formula is C37H41N7O4. The molecule has 0 radical (unpaired) electrons. The summed E-state index contributed by atoms with van der Waals surface area (Å²) in [5, 5.41) is 8.35. The van der Waals surface area contributed by atoms with Crippen LogP contribution >= 0.6 is 0 Å². The third kappa shape index (κ3) is 5.63. The first kappa shape index (κ1) is 30.7. The van der Waals surface area contributed by atoms with Crippen molar-refractivity contribution in [3.63, 3.8) is 0 Å². The van der Waals surface area contributed by atoms with E-state index in [9.17, 15) is 14.4 Å². The SMILES string of the molecule is CC(C)(C)C(OC(=O)N1CCNCC1)c1ccc2ncc(-c3cn(C4CC(CN5C(=O)c6ccccc6C5=O)C4)nc3C3CC3)nc2c1. The van der Waals surface area contributed by atoms with Crippen LogP contribution in [0.4, 0.5) is 4.79 Å². The summed E-state index contributed by atoms with van der Waals surface area (Å²) in [5.74, 6) is 0.264. The number of hydrogen-bond acceptors (Lipinski definition) is 8. The van der Waals surface area contributed by atoms with Gasteiger partial charge in [-0.1, -0.05) is 39.0 Å². The van der Waals surface area contributed by atoms with Gasteiger partial charge in [-0.3, -0.25) is 24.2 Å². The van der Waals surface area contributed by atoms with E-state index in [4.69, 9.17) is 19.8 Å². The van der Waals surface area contributed by atoms with Crippen LogP contribution in [0.5, 0.6) is 0 Å². The highest BCUT2D eigenvalue weighted by Gasteiger charge is 2.41. The van der Waals surface area contributed by atoms with Crippen molar-refractivity contribution in [2.24, 2.45) is 11.3 Å². The molecule has 4 aliphatic rings. The molecule has 2 aliphatic carbocycles. The summed E-state index contributed by atoms with van der Waals surface area (Å²) in [4.78, 5) is 51.9. The first-order valence-corrected chi connectivity index (χ1v) is 17.1. The van der Waals surface area contributed by atoms with Crippen molar-refractivity contribution in [3.05, 3.63) is 77.2 Å². The normalized spacial score (nSPS) is 21.7. The van der Waals surface area contributed by atoms with E-state index in [1.807, 2.05) is 24.4 Å². The molecule has 1 atom stereocenters. The second-order valence-corrected chi connectivity index (χ2v) is 14.8. The van der Waals surface area contributed by atoms with Crippen LogP contribution in [0.1, 0.15) is 96.5 Å². The Balaban J connectivity index is 1.01. The van der Waals surface area contributed by atoms with Crippen molar-refractivity contribution < 1.29 is 19.1 Å². The maximum atomic E-state index is 13.1. The quantitative estimate of drug-likeness (QED) is 0.252. The summed E-state index contributed by atoms with van der Waals surface area (Å²) in [5.41, 5.74) is 5.91. The van der Waals surface area contributed by atoms with Gasteiger partial charge < -0.3 is 15.0 Å². The van der Waals surface area contributed by atoms with E-state index in [2.05, 4.69) is 37.0 Å². The summed E-state index contributed by atoms with van der Waals surface area (Å²) >= 11 is 0. The van der Waals surface area contributed by atoms with E-state index in [0.29, 0.717) is 36.7 Å². The predicted octanol–water partition coefficient (Wildman–Crippen LogP) is 5.75. The summed E-state index contributed by atoms with van der Waals surface area (Å²) in [6.07, 6.45) is 7.10. The zero-order valence-corrected chi connectivity index (χ0v) is 27.7. The van der Waals surface area contributed by atoms with Gasteiger partial charge >= 0.3 is 6.09 Å². The summed E-state index contributed by atoms with van der Waals surface area (Å²) in [7, 11) is 0. The lowest BCUT2D eigenvalue weighted by atomic mass is 9.80. The van der Waals surface area contributed by atoms with Gasteiger partial charge in [0.15, 0.2) is 0 Å². The van der Waals surface area contributed by atoms with Crippen molar-refractivity contribution in [1.29, 1.82) is 0 Å². The molecule has 48 heavy (non-hydrogen) atoms. The molecule has 2 aliphatic heterocycles. The van der Waals surface area contributed by atoms with Gasteiger partial charge in [0.2, 0.25) is 0 Å². The topological polar surface area (TPSA) is 123 Å². The van der Waals surface area contributed by atoms with E-state index in [-0.39, 0.29) is 35.3 Å². The highest BCUT2D eigenvalue weighted by molar-refractivity contribution is 6.21. The van der Waals surface area contributed by atoms with Crippen LogP contribution in [-0.4, -0.2) is 80.2 Å². The molecule has 1 saturated heterocycles. The average Bonchev–Trinajstić information content (AvgIpc) is 3.78. The third-order valence-corrected chi connectivity index (χ3v) is 10.2. The lowest BCUT2D eigenvalue weighted by molar-refractivity contribution is 0.00686. The highest BCUT2D eigenvalue weighted by Crippen LogP contribution is 2.46. The van der Waals surface area contributed by atoms with E-state index in [0.717, 1.165) is 72.3 Å². The van der Waals surface area contributed by atoms with Gasteiger partial charge in [-0.05, 0) is 61.4 Å². The molecule has 248 valence electrons. The Morgan fingerprint density at radius 3 is 2.35 bits per heavy atom. The Hall–Kier alpha value is -4.64. The lowest BCUT2D eigenvalue weighted by Crippen LogP contribution is -2.47.